The number of nitrogen functional groups attached to an aromatic ring is 1. The van der Waals surface area contributed by atoms with E-state index in [0.717, 1.165) is 35.5 Å². The van der Waals surface area contributed by atoms with Crippen molar-refractivity contribution in [3.8, 4) is 0 Å². The molecular weight excluding hydrogens is 238 g/mol. The van der Waals surface area contributed by atoms with Crippen molar-refractivity contribution in [1.82, 2.24) is 9.88 Å². The van der Waals surface area contributed by atoms with Gasteiger partial charge in [0.2, 0.25) is 5.91 Å². The van der Waals surface area contributed by atoms with Crippen molar-refractivity contribution in [3.63, 3.8) is 0 Å². The summed E-state index contributed by atoms with van der Waals surface area (Å²) in [6.45, 7) is 8.79. The van der Waals surface area contributed by atoms with E-state index < -0.39 is 0 Å². The third-order valence-electron chi connectivity index (χ3n) is 3.27. The Morgan fingerprint density at radius 1 is 1.42 bits per heavy atom. The second kappa shape index (κ2) is 5.26. The van der Waals surface area contributed by atoms with Crippen LogP contribution in [0.1, 0.15) is 31.7 Å². The van der Waals surface area contributed by atoms with Crippen LogP contribution in [0.2, 0.25) is 0 Å². The Kier molecular flexibility index (Phi) is 3.69. The molecule has 2 rings (SSSR count). The summed E-state index contributed by atoms with van der Waals surface area (Å²) in [6, 6.07) is 3.71. The summed E-state index contributed by atoms with van der Waals surface area (Å²) in [6.07, 6.45) is 2.86. The van der Waals surface area contributed by atoms with Gasteiger partial charge in [0.25, 0.3) is 0 Å². The van der Waals surface area contributed by atoms with Crippen molar-refractivity contribution in [2.24, 2.45) is 0 Å². The van der Waals surface area contributed by atoms with E-state index in [1.807, 2.05) is 24.0 Å². The molecular formula is C15H19N3O. The van der Waals surface area contributed by atoms with Gasteiger partial charge in [0.1, 0.15) is 0 Å². The second-order valence-electron chi connectivity index (χ2n) is 4.90. The fourth-order valence-electron chi connectivity index (χ4n) is 2.12. The van der Waals surface area contributed by atoms with Crippen LogP contribution in [0, 0.1) is 0 Å². The third-order valence-corrected chi connectivity index (χ3v) is 3.27. The van der Waals surface area contributed by atoms with Crippen molar-refractivity contribution in [2.45, 2.75) is 20.3 Å². The van der Waals surface area contributed by atoms with Gasteiger partial charge in [-0.05, 0) is 36.6 Å². The minimum Gasteiger partial charge on any atom is -0.399 e. The molecule has 1 aromatic rings. The zero-order valence-electron chi connectivity index (χ0n) is 11.4. The van der Waals surface area contributed by atoms with Crippen LogP contribution in [0.4, 0.5) is 5.69 Å². The molecule has 0 fully saturated rings. The first-order chi connectivity index (χ1) is 8.97. The topological polar surface area (TPSA) is 59.2 Å². The number of amides is 1. The average molecular weight is 257 g/mol. The zero-order valence-corrected chi connectivity index (χ0v) is 11.4. The predicted octanol–water partition coefficient (Wildman–Crippen LogP) is 2.33. The Hall–Kier alpha value is -2.10. The summed E-state index contributed by atoms with van der Waals surface area (Å²) >= 11 is 0. The molecule has 0 saturated carbocycles. The number of allylic oxidation sites excluding steroid dienone is 1. The van der Waals surface area contributed by atoms with Gasteiger partial charge in [-0.2, -0.15) is 0 Å². The molecule has 4 heteroatoms. The van der Waals surface area contributed by atoms with Crippen LogP contribution in [-0.4, -0.2) is 28.9 Å². The molecule has 1 amide bonds. The molecule has 0 bridgehead atoms. The SMILES string of the molecule is C=C(C)c1cc(N)cc(C2=CCN(C(C)=O)CC2)n1. The fraction of sp³-hybridized carbons (Fsp3) is 0.333. The van der Waals surface area contributed by atoms with Gasteiger partial charge in [0, 0.05) is 25.7 Å². The van der Waals surface area contributed by atoms with Crippen LogP contribution in [0.15, 0.2) is 24.8 Å². The van der Waals surface area contributed by atoms with Gasteiger partial charge in [-0.1, -0.05) is 12.7 Å². The Morgan fingerprint density at radius 3 is 2.68 bits per heavy atom. The lowest BCUT2D eigenvalue weighted by Crippen LogP contribution is -2.32. The molecule has 0 radical (unpaired) electrons. The number of carbonyl (C=O) groups is 1. The van der Waals surface area contributed by atoms with E-state index >= 15 is 0 Å². The lowest BCUT2D eigenvalue weighted by molar-refractivity contribution is -0.128. The molecule has 19 heavy (non-hydrogen) atoms. The summed E-state index contributed by atoms with van der Waals surface area (Å²) in [5, 5.41) is 0. The van der Waals surface area contributed by atoms with Crippen LogP contribution < -0.4 is 5.73 Å². The van der Waals surface area contributed by atoms with Crippen molar-refractivity contribution in [1.29, 1.82) is 0 Å². The first kappa shape index (κ1) is 13.3. The van der Waals surface area contributed by atoms with E-state index in [4.69, 9.17) is 5.73 Å². The standard InChI is InChI=1S/C15H19N3O/c1-10(2)14-8-13(16)9-15(17-14)12-4-6-18(7-5-12)11(3)19/h4,8-9H,1,5-7H2,2-3H3,(H2,16,17). The van der Waals surface area contributed by atoms with Crippen LogP contribution >= 0.6 is 0 Å². The molecule has 0 unspecified atom stereocenters. The fourth-order valence-corrected chi connectivity index (χ4v) is 2.12. The van der Waals surface area contributed by atoms with E-state index in [1.165, 1.54) is 0 Å². The van der Waals surface area contributed by atoms with E-state index in [9.17, 15) is 4.79 Å². The zero-order chi connectivity index (χ0) is 14.0. The van der Waals surface area contributed by atoms with Gasteiger partial charge in [0.05, 0.1) is 11.4 Å². The monoisotopic (exact) mass is 257 g/mol. The van der Waals surface area contributed by atoms with E-state index in [0.29, 0.717) is 12.2 Å². The number of anilines is 1. The predicted molar refractivity (Wildman–Crippen MR) is 78.2 cm³/mol. The highest BCUT2D eigenvalue weighted by Crippen LogP contribution is 2.24. The van der Waals surface area contributed by atoms with Gasteiger partial charge in [-0.15, -0.1) is 0 Å². The molecule has 0 aromatic carbocycles. The number of carbonyl (C=O) groups excluding carboxylic acids is 1. The summed E-state index contributed by atoms with van der Waals surface area (Å²) in [4.78, 5) is 17.7. The third kappa shape index (κ3) is 3.02. The van der Waals surface area contributed by atoms with Gasteiger partial charge in [0.15, 0.2) is 0 Å². The minimum absolute atomic E-state index is 0.110. The van der Waals surface area contributed by atoms with Gasteiger partial charge in [-0.25, -0.2) is 4.98 Å². The normalized spacial score (nSPS) is 15.1. The molecule has 1 aliphatic rings. The number of nitrogens with two attached hydrogens (primary N) is 1. The summed E-state index contributed by atoms with van der Waals surface area (Å²) in [5.74, 6) is 0.110. The number of rotatable bonds is 2. The number of aromatic nitrogens is 1. The molecule has 0 aliphatic carbocycles. The Bertz CT molecular complexity index is 561. The van der Waals surface area contributed by atoms with E-state index in [1.54, 1.807) is 6.92 Å². The number of pyridine rings is 1. The van der Waals surface area contributed by atoms with Crippen LogP contribution in [-0.2, 0) is 4.79 Å². The maximum Gasteiger partial charge on any atom is 0.219 e. The Morgan fingerprint density at radius 2 is 2.16 bits per heavy atom. The smallest absolute Gasteiger partial charge is 0.219 e. The molecule has 100 valence electrons. The van der Waals surface area contributed by atoms with E-state index in [2.05, 4.69) is 17.6 Å². The lowest BCUT2D eigenvalue weighted by atomic mass is 10.0. The summed E-state index contributed by atoms with van der Waals surface area (Å²) in [5.41, 5.74) is 10.4. The molecule has 1 aromatic heterocycles. The van der Waals surface area contributed by atoms with Crippen LogP contribution in [0.5, 0.6) is 0 Å². The summed E-state index contributed by atoms with van der Waals surface area (Å²) < 4.78 is 0. The van der Waals surface area contributed by atoms with Crippen LogP contribution in [0.25, 0.3) is 11.1 Å². The van der Waals surface area contributed by atoms with Crippen molar-refractivity contribution >= 4 is 22.7 Å². The molecule has 4 nitrogen and oxygen atoms in total. The number of hydrogen-bond acceptors (Lipinski definition) is 3. The highest BCUT2D eigenvalue weighted by molar-refractivity contribution is 5.76. The molecule has 2 heterocycles. The number of hydrogen-bond donors (Lipinski definition) is 1. The highest BCUT2D eigenvalue weighted by atomic mass is 16.2. The Balaban J connectivity index is 2.28. The van der Waals surface area contributed by atoms with E-state index in [-0.39, 0.29) is 5.91 Å². The summed E-state index contributed by atoms with van der Waals surface area (Å²) in [7, 11) is 0. The van der Waals surface area contributed by atoms with Crippen molar-refractivity contribution < 1.29 is 4.79 Å². The maximum absolute atomic E-state index is 11.3. The van der Waals surface area contributed by atoms with Gasteiger partial charge < -0.3 is 10.6 Å². The largest absolute Gasteiger partial charge is 0.399 e. The molecule has 0 atom stereocenters. The van der Waals surface area contributed by atoms with Crippen molar-refractivity contribution in [2.75, 3.05) is 18.8 Å². The molecule has 2 N–H and O–H groups in total. The molecule has 1 aliphatic heterocycles. The van der Waals surface area contributed by atoms with Gasteiger partial charge >= 0.3 is 0 Å². The number of nitrogens with zero attached hydrogens (tertiary/aromatic N) is 2. The average Bonchev–Trinajstić information content (AvgIpc) is 2.38. The second-order valence-corrected chi connectivity index (χ2v) is 4.90. The minimum atomic E-state index is 0.110. The molecule has 0 spiro atoms. The van der Waals surface area contributed by atoms with Crippen LogP contribution in [0.3, 0.4) is 0 Å². The van der Waals surface area contributed by atoms with Crippen molar-refractivity contribution in [3.05, 3.63) is 36.2 Å². The maximum atomic E-state index is 11.3. The quantitative estimate of drug-likeness (QED) is 0.884. The first-order valence-electron chi connectivity index (χ1n) is 6.35. The first-order valence-corrected chi connectivity index (χ1v) is 6.35. The lowest BCUT2D eigenvalue weighted by Gasteiger charge is -2.25. The molecule has 0 saturated heterocycles. The van der Waals surface area contributed by atoms with Gasteiger partial charge in [-0.3, -0.25) is 4.79 Å². The Labute approximate surface area is 113 Å². The highest BCUT2D eigenvalue weighted by Gasteiger charge is 2.16.